The summed E-state index contributed by atoms with van der Waals surface area (Å²) < 4.78 is 6.58. The number of H-pyrrole nitrogens is 1. The average molecular weight is 360 g/mol. The molecular weight excluding hydrogens is 340 g/mol. The van der Waals surface area contributed by atoms with E-state index in [1.807, 2.05) is 0 Å². The lowest BCUT2D eigenvalue weighted by atomic mass is 10.0. The highest BCUT2D eigenvalue weighted by molar-refractivity contribution is 5.95. The molecule has 2 amide bonds. The van der Waals surface area contributed by atoms with Gasteiger partial charge < -0.3 is 14.7 Å². The molecule has 0 saturated carbocycles. The molecule has 2 atom stereocenters. The van der Waals surface area contributed by atoms with E-state index in [4.69, 9.17) is 4.52 Å². The van der Waals surface area contributed by atoms with Crippen LogP contribution >= 0.6 is 0 Å². The Morgan fingerprint density at radius 1 is 1.38 bits per heavy atom. The Labute approximate surface area is 148 Å². The van der Waals surface area contributed by atoms with E-state index in [0.717, 1.165) is 25.1 Å². The third kappa shape index (κ3) is 2.80. The van der Waals surface area contributed by atoms with Crippen LogP contribution in [-0.4, -0.2) is 55.8 Å². The molecule has 2 unspecified atom stereocenters. The van der Waals surface area contributed by atoms with Crippen molar-refractivity contribution in [1.82, 2.24) is 30.1 Å². The van der Waals surface area contributed by atoms with Crippen molar-refractivity contribution in [2.45, 2.75) is 44.7 Å². The molecule has 2 N–H and O–H groups in total. The van der Waals surface area contributed by atoms with Crippen molar-refractivity contribution in [1.29, 1.82) is 0 Å². The topological polar surface area (TPSA) is 126 Å². The number of fused-ring (bicyclic) bond motifs is 1. The van der Waals surface area contributed by atoms with Gasteiger partial charge >= 0.3 is 0 Å². The summed E-state index contributed by atoms with van der Waals surface area (Å²) in [7, 11) is 0. The Morgan fingerprint density at radius 3 is 3.00 bits per heavy atom. The molecule has 1 saturated heterocycles. The zero-order chi connectivity index (χ0) is 18.3. The first-order valence-electron chi connectivity index (χ1n) is 8.70. The summed E-state index contributed by atoms with van der Waals surface area (Å²) in [4.78, 5) is 42.8. The first-order valence-corrected chi connectivity index (χ1v) is 8.70. The van der Waals surface area contributed by atoms with Gasteiger partial charge in [-0.25, -0.2) is 9.67 Å². The van der Waals surface area contributed by atoms with Crippen LogP contribution in [0.15, 0.2) is 15.6 Å². The third-order valence-electron chi connectivity index (χ3n) is 5.04. The maximum atomic E-state index is 12.9. The second kappa shape index (κ2) is 6.43. The Balaban J connectivity index is 1.41. The normalized spacial score (nSPS) is 22.3. The molecule has 2 aromatic heterocycles. The first kappa shape index (κ1) is 16.6. The molecule has 10 heteroatoms. The number of aromatic nitrogens is 4. The molecule has 2 aliphatic rings. The fraction of sp³-hybridized carbons (Fsp3) is 0.562. The van der Waals surface area contributed by atoms with E-state index in [9.17, 15) is 14.4 Å². The summed E-state index contributed by atoms with van der Waals surface area (Å²) in [6, 6.07) is -0.520. The Kier molecular flexibility index (Phi) is 4.09. The van der Waals surface area contributed by atoms with Gasteiger partial charge in [0.25, 0.3) is 11.5 Å². The number of aromatic amines is 1. The second-order valence-electron chi connectivity index (χ2n) is 6.74. The van der Waals surface area contributed by atoms with Crippen molar-refractivity contribution >= 4 is 11.8 Å². The van der Waals surface area contributed by atoms with Gasteiger partial charge in [-0.3, -0.25) is 14.4 Å². The van der Waals surface area contributed by atoms with Crippen LogP contribution < -0.4 is 10.9 Å². The number of amides is 2. The highest BCUT2D eigenvalue weighted by Crippen LogP contribution is 2.26. The molecule has 0 radical (unpaired) electrons. The number of nitrogens with one attached hydrogen (secondary N) is 2. The number of aryl methyl sites for hydroxylation is 2. The fourth-order valence-corrected chi connectivity index (χ4v) is 3.71. The van der Waals surface area contributed by atoms with Crippen LogP contribution in [0.3, 0.4) is 0 Å². The number of nitrogens with zero attached hydrogens (tertiary/aromatic N) is 4. The maximum absolute atomic E-state index is 12.9. The maximum Gasteiger partial charge on any atom is 0.293 e. The standard InChI is InChI=1S/C16H20N6O4/c1-9-13(15(24)20-26-9)14(23)19-10-5-6-21(7-10)16(25)11-3-2-4-12-17-8-18-22(11)12/h8,10-11H,2-7H2,1H3,(H,19,23)(H,20,24). The number of likely N-dealkylation sites (tertiary alicyclic amines) is 1. The molecule has 4 rings (SSSR count). The Hall–Kier alpha value is -2.91. The second-order valence-corrected chi connectivity index (χ2v) is 6.74. The lowest BCUT2D eigenvalue weighted by Gasteiger charge is -2.27. The van der Waals surface area contributed by atoms with Gasteiger partial charge in [-0.2, -0.15) is 10.3 Å². The molecule has 4 heterocycles. The zero-order valence-corrected chi connectivity index (χ0v) is 14.4. The summed E-state index contributed by atoms with van der Waals surface area (Å²) in [5.74, 6) is 0.617. The number of rotatable bonds is 3. The van der Waals surface area contributed by atoms with Crippen molar-refractivity contribution in [2.24, 2.45) is 0 Å². The van der Waals surface area contributed by atoms with Gasteiger partial charge in [0.1, 0.15) is 29.5 Å². The SMILES string of the molecule is Cc1o[nH]c(=O)c1C(=O)NC1CCN(C(=O)C2CCCc3ncnn32)C1. The number of carbonyl (C=O) groups excluding carboxylic acids is 2. The number of hydrogen-bond acceptors (Lipinski definition) is 6. The molecule has 0 spiro atoms. The van der Waals surface area contributed by atoms with E-state index in [1.165, 1.54) is 6.33 Å². The lowest BCUT2D eigenvalue weighted by Crippen LogP contribution is -2.42. The molecule has 2 aliphatic heterocycles. The third-order valence-corrected chi connectivity index (χ3v) is 5.04. The lowest BCUT2D eigenvalue weighted by molar-refractivity contribution is -0.134. The van der Waals surface area contributed by atoms with Crippen LogP contribution in [0.4, 0.5) is 0 Å². The van der Waals surface area contributed by atoms with E-state index in [-0.39, 0.29) is 29.3 Å². The van der Waals surface area contributed by atoms with E-state index in [0.29, 0.717) is 19.5 Å². The minimum absolute atomic E-state index is 0.00513. The Morgan fingerprint density at radius 2 is 2.23 bits per heavy atom. The summed E-state index contributed by atoms with van der Waals surface area (Å²) in [5.41, 5.74) is -0.568. The van der Waals surface area contributed by atoms with E-state index < -0.39 is 11.5 Å². The van der Waals surface area contributed by atoms with E-state index in [2.05, 4.69) is 20.6 Å². The van der Waals surface area contributed by atoms with Gasteiger partial charge in [-0.05, 0) is 26.2 Å². The van der Waals surface area contributed by atoms with Crippen molar-refractivity contribution in [3.8, 4) is 0 Å². The van der Waals surface area contributed by atoms with Crippen LogP contribution in [0.25, 0.3) is 0 Å². The van der Waals surface area contributed by atoms with Gasteiger partial charge in [-0.15, -0.1) is 0 Å². The van der Waals surface area contributed by atoms with Crippen LogP contribution in [0.1, 0.15) is 47.2 Å². The van der Waals surface area contributed by atoms with Crippen LogP contribution in [0, 0.1) is 6.92 Å². The van der Waals surface area contributed by atoms with Gasteiger partial charge in [0.15, 0.2) is 0 Å². The minimum atomic E-state index is -0.549. The zero-order valence-electron chi connectivity index (χ0n) is 14.4. The summed E-state index contributed by atoms with van der Waals surface area (Å²) >= 11 is 0. The van der Waals surface area contributed by atoms with Gasteiger partial charge in [-0.1, -0.05) is 0 Å². The molecule has 0 aliphatic carbocycles. The molecule has 2 aromatic rings. The molecular formula is C16H20N6O4. The monoisotopic (exact) mass is 360 g/mol. The van der Waals surface area contributed by atoms with Gasteiger partial charge in [0, 0.05) is 25.6 Å². The highest BCUT2D eigenvalue weighted by Gasteiger charge is 2.35. The quantitative estimate of drug-likeness (QED) is 0.779. The van der Waals surface area contributed by atoms with Crippen LogP contribution in [-0.2, 0) is 11.2 Å². The molecule has 1 fully saturated rings. The molecule has 10 nitrogen and oxygen atoms in total. The number of carbonyl (C=O) groups is 2. The van der Waals surface area contributed by atoms with Crippen molar-refractivity contribution < 1.29 is 14.1 Å². The molecule has 0 bridgehead atoms. The van der Waals surface area contributed by atoms with Crippen molar-refractivity contribution in [3.63, 3.8) is 0 Å². The van der Waals surface area contributed by atoms with Crippen molar-refractivity contribution in [2.75, 3.05) is 13.1 Å². The van der Waals surface area contributed by atoms with Crippen LogP contribution in [0.2, 0.25) is 0 Å². The first-order chi connectivity index (χ1) is 12.5. The summed E-state index contributed by atoms with van der Waals surface area (Å²) in [5, 5.41) is 9.16. The highest BCUT2D eigenvalue weighted by atomic mass is 16.5. The van der Waals surface area contributed by atoms with E-state index in [1.54, 1.807) is 16.5 Å². The fourth-order valence-electron chi connectivity index (χ4n) is 3.71. The number of hydrogen-bond donors (Lipinski definition) is 2. The Bertz CT molecular complexity index is 897. The minimum Gasteiger partial charge on any atom is -0.383 e. The predicted octanol–water partition coefficient (Wildman–Crippen LogP) is -0.224. The molecule has 138 valence electrons. The summed E-state index contributed by atoms with van der Waals surface area (Å²) in [6.45, 7) is 2.53. The molecule has 26 heavy (non-hydrogen) atoms. The van der Waals surface area contributed by atoms with Crippen molar-refractivity contribution in [3.05, 3.63) is 33.8 Å². The van der Waals surface area contributed by atoms with Crippen LogP contribution in [0.5, 0.6) is 0 Å². The predicted molar refractivity (Wildman–Crippen MR) is 88.5 cm³/mol. The largest absolute Gasteiger partial charge is 0.383 e. The van der Waals surface area contributed by atoms with Gasteiger partial charge in [0.2, 0.25) is 5.91 Å². The molecule has 0 aromatic carbocycles. The van der Waals surface area contributed by atoms with Gasteiger partial charge in [0.05, 0.1) is 0 Å². The smallest absolute Gasteiger partial charge is 0.293 e. The summed E-state index contributed by atoms with van der Waals surface area (Å²) in [6.07, 6.45) is 4.61. The average Bonchev–Trinajstić information content (AvgIpc) is 3.34. The van der Waals surface area contributed by atoms with E-state index >= 15 is 0 Å².